The second-order valence-corrected chi connectivity index (χ2v) is 5.48. The van der Waals surface area contributed by atoms with E-state index in [0.717, 1.165) is 16.7 Å². The van der Waals surface area contributed by atoms with Crippen LogP contribution < -0.4 is 5.32 Å². The highest BCUT2D eigenvalue weighted by Crippen LogP contribution is 2.23. The normalized spacial score (nSPS) is 13.9. The monoisotopic (exact) mass is 305 g/mol. The molecule has 0 saturated carbocycles. The van der Waals surface area contributed by atoms with E-state index in [4.69, 9.17) is 16.7 Å². The first-order valence-electron chi connectivity index (χ1n) is 6.97. The Morgan fingerprint density at radius 3 is 2.62 bits per heavy atom. The van der Waals surface area contributed by atoms with E-state index < -0.39 is 6.10 Å². The predicted molar refractivity (Wildman–Crippen MR) is 85.2 cm³/mol. The maximum Gasteiger partial charge on any atom is 0.0928 e. The lowest BCUT2D eigenvalue weighted by molar-refractivity contribution is 0.171. The molecule has 0 heterocycles. The summed E-state index contributed by atoms with van der Waals surface area (Å²) in [6.07, 6.45) is -0.651. The maximum absolute atomic E-state index is 10.2. The molecule has 0 aliphatic heterocycles. The first kappa shape index (κ1) is 16.0. The van der Waals surface area contributed by atoms with E-state index in [0.29, 0.717) is 11.6 Å². The largest absolute Gasteiger partial charge is 0.392 e. The minimum Gasteiger partial charge on any atom is -0.392 e. The van der Waals surface area contributed by atoms with Crippen molar-refractivity contribution in [2.75, 3.05) is 6.54 Å². The number of hydrogen-bond acceptors (Lipinski definition) is 3. The highest BCUT2D eigenvalue weighted by molar-refractivity contribution is 6.31. The van der Waals surface area contributed by atoms with Crippen LogP contribution in [0.2, 0.25) is 5.02 Å². The first-order valence-corrected chi connectivity index (χ1v) is 7.35. The van der Waals surface area contributed by atoms with Crippen molar-refractivity contribution in [1.82, 2.24) is 5.32 Å². The van der Waals surface area contributed by atoms with E-state index in [2.05, 4.69) is 5.32 Å². The van der Waals surface area contributed by atoms with E-state index in [1.165, 1.54) is 0 Å². The van der Waals surface area contributed by atoms with Gasteiger partial charge in [-0.15, -0.1) is 0 Å². The van der Waals surface area contributed by atoms with E-state index in [-0.39, 0.29) is 12.6 Å². The van der Waals surface area contributed by atoms with Gasteiger partial charge >= 0.3 is 0 Å². The third kappa shape index (κ3) is 4.29. The molecule has 0 aliphatic carbocycles. The van der Waals surface area contributed by atoms with Crippen LogP contribution in [0.3, 0.4) is 0 Å². The molecule has 0 spiro atoms. The lowest BCUT2D eigenvalue weighted by atomic mass is 10.0. The zero-order valence-corrected chi connectivity index (χ0v) is 12.7. The fourth-order valence-electron chi connectivity index (χ4n) is 2.22. The molecule has 21 heavy (non-hydrogen) atoms. The zero-order valence-electron chi connectivity index (χ0n) is 12.0. The third-order valence-corrected chi connectivity index (χ3v) is 3.86. The van der Waals surface area contributed by atoms with E-state index >= 15 is 0 Å². The van der Waals surface area contributed by atoms with Crippen molar-refractivity contribution in [2.24, 2.45) is 0 Å². The van der Waals surface area contributed by atoms with Crippen LogP contribution in [0.4, 0.5) is 0 Å². The van der Waals surface area contributed by atoms with Gasteiger partial charge in [-0.1, -0.05) is 54.1 Å². The van der Waals surface area contributed by atoms with E-state index in [9.17, 15) is 5.11 Å². The fraction of sp³-hybridized carbons (Fsp3) is 0.294. The van der Waals surface area contributed by atoms with Crippen molar-refractivity contribution in [1.29, 1.82) is 0 Å². The summed E-state index contributed by atoms with van der Waals surface area (Å²) in [4.78, 5) is 0. The molecular formula is C17H20ClNO2. The lowest BCUT2D eigenvalue weighted by Gasteiger charge is -2.19. The topological polar surface area (TPSA) is 52.5 Å². The molecule has 3 N–H and O–H groups in total. The van der Waals surface area contributed by atoms with Crippen LogP contribution in [0.1, 0.15) is 35.8 Å². The van der Waals surface area contributed by atoms with Crippen LogP contribution >= 0.6 is 11.6 Å². The number of nitrogens with one attached hydrogen (secondary N) is 1. The van der Waals surface area contributed by atoms with Crippen LogP contribution in [-0.4, -0.2) is 16.8 Å². The molecule has 0 amide bonds. The Kier molecular flexibility index (Phi) is 5.76. The Bertz CT molecular complexity index is 589. The highest BCUT2D eigenvalue weighted by Gasteiger charge is 2.13. The van der Waals surface area contributed by atoms with Crippen molar-refractivity contribution >= 4 is 11.6 Å². The molecule has 2 rings (SSSR count). The molecule has 0 bridgehead atoms. The molecule has 0 aromatic heterocycles. The number of rotatable bonds is 6. The van der Waals surface area contributed by atoms with Gasteiger partial charge in [0.15, 0.2) is 0 Å². The summed E-state index contributed by atoms with van der Waals surface area (Å²) in [5.74, 6) is 0. The number of aliphatic hydroxyl groups is 2. The van der Waals surface area contributed by atoms with Gasteiger partial charge in [0, 0.05) is 23.2 Å². The lowest BCUT2D eigenvalue weighted by Crippen LogP contribution is -2.24. The Hall–Kier alpha value is -1.39. The predicted octanol–water partition coefficient (Wildman–Crippen LogP) is 3.22. The quantitative estimate of drug-likeness (QED) is 0.768. The first-order chi connectivity index (χ1) is 10.1. The second-order valence-electron chi connectivity index (χ2n) is 5.07. The van der Waals surface area contributed by atoms with Gasteiger partial charge in [0.25, 0.3) is 0 Å². The average molecular weight is 306 g/mol. The van der Waals surface area contributed by atoms with Gasteiger partial charge in [-0.25, -0.2) is 0 Å². The zero-order chi connectivity index (χ0) is 15.2. The minimum absolute atomic E-state index is 0.0306. The third-order valence-electron chi connectivity index (χ3n) is 3.52. The van der Waals surface area contributed by atoms with Crippen molar-refractivity contribution in [3.05, 3.63) is 70.2 Å². The van der Waals surface area contributed by atoms with Gasteiger partial charge in [-0.3, -0.25) is 0 Å². The SMILES string of the molecule is CC(NCC(O)c1ccccc1Cl)c1cccc(CO)c1. The van der Waals surface area contributed by atoms with Gasteiger partial charge in [0.05, 0.1) is 12.7 Å². The van der Waals surface area contributed by atoms with Gasteiger partial charge in [0.1, 0.15) is 0 Å². The highest BCUT2D eigenvalue weighted by atomic mass is 35.5. The number of benzene rings is 2. The summed E-state index contributed by atoms with van der Waals surface area (Å²) >= 11 is 6.08. The Morgan fingerprint density at radius 2 is 1.90 bits per heavy atom. The standard InChI is InChI=1S/C17H20ClNO2/c1-12(14-6-4-5-13(9-14)11-20)19-10-17(21)15-7-2-3-8-16(15)18/h2-9,12,17,19-21H,10-11H2,1H3. The van der Waals surface area contributed by atoms with Crippen molar-refractivity contribution in [3.63, 3.8) is 0 Å². The molecule has 2 unspecified atom stereocenters. The van der Waals surface area contributed by atoms with E-state index in [1.807, 2.05) is 49.4 Å². The van der Waals surface area contributed by atoms with Crippen LogP contribution in [0, 0.1) is 0 Å². The van der Waals surface area contributed by atoms with Gasteiger partial charge in [0.2, 0.25) is 0 Å². The molecule has 2 atom stereocenters. The van der Waals surface area contributed by atoms with Gasteiger partial charge in [-0.2, -0.15) is 0 Å². The van der Waals surface area contributed by atoms with Crippen molar-refractivity contribution < 1.29 is 10.2 Å². The molecule has 0 saturated heterocycles. The summed E-state index contributed by atoms with van der Waals surface area (Å²) in [6, 6.07) is 15.1. The summed E-state index contributed by atoms with van der Waals surface area (Å²) < 4.78 is 0. The molecule has 2 aromatic carbocycles. The second kappa shape index (κ2) is 7.57. The molecule has 0 fully saturated rings. The van der Waals surface area contributed by atoms with Gasteiger partial charge in [-0.05, 0) is 24.1 Å². The fourth-order valence-corrected chi connectivity index (χ4v) is 2.48. The molecule has 0 radical (unpaired) electrons. The molecular weight excluding hydrogens is 286 g/mol. The van der Waals surface area contributed by atoms with E-state index in [1.54, 1.807) is 6.07 Å². The molecule has 112 valence electrons. The Morgan fingerprint density at radius 1 is 1.14 bits per heavy atom. The van der Waals surface area contributed by atoms with Crippen LogP contribution in [-0.2, 0) is 6.61 Å². The molecule has 3 nitrogen and oxygen atoms in total. The summed E-state index contributed by atoms with van der Waals surface area (Å²) in [7, 11) is 0. The molecule has 4 heteroatoms. The maximum atomic E-state index is 10.2. The van der Waals surface area contributed by atoms with Crippen LogP contribution in [0.15, 0.2) is 48.5 Å². The summed E-state index contributed by atoms with van der Waals surface area (Å²) in [5, 5.41) is 23.2. The average Bonchev–Trinajstić information content (AvgIpc) is 2.52. The molecule has 0 aliphatic rings. The summed E-state index contributed by atoms with van der Waals surface area (Å²) in [6.45, 7) is 2.47. The summed E-state index contributed by atoms with van der Waals surface area (Å²) in [5.41, 5.74) is 2.68. The van der Waals surface area contributed by atoms with Gasteiger partial charge < -0.3 is 15.5 Å². The van der Waals surface area contributed by atoms with Crippen LogP contribution in [0.25, 0.3) is 0 Å². The number of hydrogen-bond donors (Lipinski definition) is 3. The number of aliphatic hydroxyl groups excluding tert-OH is 2. The molecule has 2 aromatic rings. The van der Waals surface area contributed by atoms with Crippen LogP contribution in [0.5, 0.6) is 0 Å². The number of halogens is 1. The smallest absolute Gasteiger partial charge is 0.0928 e. The Balaban J connectivity index is 1.97. The van der Waals surface area contributed by atoms with Crippen molar-refractivity contribution in [3.8, 4) is 0 Å². The minimum atomic E-state index is -0.651. The Labute approximate surface area is 130 Å². The van der Waals surface area contributed by atoms with Crippen molar-refractivity contribution in [2.45, 2.75) is 25.7 Å².